The smallest absolute Gasteiger partial charge is 0.308 e. The Morgan fingerprint density at radius 1 is 1.43 bits per heavy atom. The van der Waals surface area contributed by atoms with Crippen LogP contribution in [0.3, 0.4) is 0 Å². The summed E-state index contributed by atoms with van der Waals surface area (Å²) in [6, 6.07) is 1.64. The lowest BCUT2D eigenvalue weighted by molar-refractivity contribution is -0.143. The molecule has 2 aliphatic rings. The van der Waals surface area contributed by atoms with Gasteiger partial charge in [-0.05, 0) is 44.9 Å². The molecule has 1 aromatic rings. The molecule has 2 bridgehead atoms. The molecule has 0 aliphatic heterocycles. The molecule has 0 spiro atoms. The number of aliphatic carboxylic acids is 1. The van der Waals surface area contributed by atoms with Crippen molar-refractivity contribution in [2.24, 2.45) is 17.8 Å². The van der Waals surface area contributed by atoms with Crippen molar-refractivity contribution >= 4 is 11.9 Å². The molecule has 2 N–H and O–H groups in total. The number of nitrogens with zero attached hydrogens (tertiary/aromatic N) is 2. The molecule has 0 amide bonds. The molecule has 0 saturated heterocycles. The number of rotatable bonds is 5. The van der Waals surface area contributed by atoms with Crippen LogP contribution in [0.2, 0.25) is 0 Å². The lowest BCUT2D eigenvalue weighted by atomic mass is 9.84. The normalized spacial score (nSPS) is 30.6. The van der Waals surface area contributed by atoms with E-state index in [4.69, 9.17) is 4.74 Å². The molecule has 0 radical (unpaired) electrons. The summed E-state index contributed by atoms with van der Waals surface area (Å²) in [6.45, 7) is 3.87. The summed E-state index contributed by atoms with van der Waals surface area (Å²) < 4.78 is 5.55. The van der Waals surface area contributed by atoms with Gasteiger partial charge in [-0.2, -0.15) is 4.98 Å². The van der Waals surface area contributed by atoms with Crippen LogP contribution in [0.5, 0.6) is 5.88 Å². The van der Waals surface area contributed by atoms with Crippen molar-refractivity contribution in [2.75, 3.05) is 5.32 Å². The first kappa shape index (κ1) is 14.1. The van der Waals surface area contributed by atoms with Gasteiger partial charge < -0.3 is 15.2 Å². The minimum absolute atomic E-state index is 0.0435. The fourth-order valence-corrected chi connectivity index (χ4v) is 3.72. The lowest BCUT2D eigenvalue weighted by Gasteiger charge is -2.28. The summed E-state index contributed by atoms with van der Waals surface area (Å²) in [4.78, 5) is 20.0. The molecular formula is C15H21N3O3. The van der Waals surface area contributed by atoms with Crippen molar-refractivity contribution in [1.82, 2.24) is 9.97 Å². The summed E-state index contributed by atoms with van der Waals surface area (Å²) in [5, 5.41) is 12.7. The number of ether oxygens (including phenoxy) is 1. The Hall–Kier alpha value is -1.85. The number of carbonyl (C=O) groups is 1. The standard InChI is InChI=1S/C15H21N3O3/c1-8(2)21-11-5-6-16-15(17-11)18-13-10-4-3-9(7-10)12(13)14(19)20/h5-6,8-10,12-13H,3-4,7H2,1-2H3,(H,19,20)(H,16,17,18). The summed E-state index contributed by atoms with van der Waals surface area (Å²) >= 11 is 0. The molecule has 6 nitrogen and oxygen atoms in total. The largest absolute Gasteiger partial charge is 0.481 e. The lowest BCUT2D eigenvalue weighted by Crippen LogP contribution is -2.39. The minimum Gasteiger partial charge on any atom is -0.481 e. The maximum Gasteiger partial charge on any atom is 0.308 e. The predicted molar refractivity (Wildman–Crippen MR) is 77.2 cm³/mol. The highest BCUT2D eigenvalue weighted by Gasteiger charge is 2.51. The zero-order valence-electron chi connectivity index (χ0n) is 12.3. The molecule has 0 aromatic carbocycles. The second-order valence-electron chi connectivity index (χ2n) is 6.25. The molecule has 1 aromatic heterocycles. The molecule has 4 unspecified atom stereocenters. The molecular weight excluding hydrogens is 270 g/mol. The van der Waals surface area contributed by atoms with Gasteiger partial charge in [0.25, 0.3) is 0 Å². The zero-order chi connectivity index (χ0) is 15.0. The van der Waals surface area contributed by atoms with Gasteiger partial charge in [0.15, 0.2) is 0 Å². The Bertz CT molecular complexity index is 535. The van der Waals surface area contributed by atoms with E-state index in [9.17, 15) is 9.90 Å². The molecule has 2 saturated carbocycles. The highest BCUT2D eigenvalue weighted by molar-refractivity contribution is 5.73. The summed E-state index contributed by atoms with van der Waals surface area (Å²) in [6.07, 6.45) is 4.79. The third kappa shape index (κ3) is 2.80. The second-order valence-corrected chi connectivity index (χ2v) is 6.25. The number of hydrogen-bond donors (Lipinski definition) is 2. The molecule has 2 aliphatic carbocycles. The number of aromatic nitrogens is 2. The molecule has 1 heterocycles. The van der Waals surface area contributed by atoms with Crippen molar-refractivity contribution in [3.05, 3.63) is 12.3 Å². The quantitative estimate of drug-likeness (QED) is 0.865. The van der Waals surface area contributed by atoms with Gasteiger partial charge in [-0.25, -0.2) is 4.98 Å². The van der Waals surface area contributed by atoms with E-state index in [1.165, 1.54) is 0 Å². The molecule has 114 valence electrons. The SMILES string of the molecule is CC(C)Oc1ccnc(NC2C3CCC(C3)C2C(=O)O)n1. The maximum atomic E-state index is 11.5. The molecule has 6 heteroatoms. The van der Waals surface area contributed by atoms with Gasteiger partial charge in [-0.3, -0.25) is 4.79 Å². The van der Waals surface area contributed by atoms with E-state index in [1.807, 2.05) is 13.8 Å². The molecule has 4 atom stereocenters. The van der Waals surface area contributed by atoms with E-state index >= 15 is 0 Å². The van der Waals surface area contributed by atoms with Gasteiger partial charge in [0, 0.05) is 18.3 Å². The zero-order valence-corrected chi connectivity index (χ0v) is 12.3. The van der Waals surface area contributed by atoms with E-state index in [1.54, 1.807) is 12.3 Å². The highest BCUT2D eigenvalue weighted by atomic mass is 16.5. The van der Waals surface area contributed by atoms with E-state index in [0.29, 0.717) is 23.7 Å². The minimum atomic E-state index is -0.714. The molecule has 3 rings (SSSR count). The first-order valence-corrected chi connectivity index (χ1v) is 7.53. The summed E-state index contributed by atoms with van der Waals surface area (Å²) in [5.74, 6) is 0.625. The average molecular weight is 291 g/mol. The van der Waals surface area contributed by atoms with Crippen molar-refractivity contribution in [1.29, 1.82) is 0 Å². The van der Waals surface area contributed by atoms with Crippen molar-refractivity contribution in [2.45, 2.75) is 45.3 Å². The van der Waals surface area contributed by atoms with Crippen molar-refractivity contribution in [3.8, 4) is 5.88 Å². The number of carboxylic acid groups (broad SMARTS) is 1. The topological polar surface area (TPSA) is 84.3 Å². The van der Waals surface area contributed by atoms with Crippen LogP contribution in [0.1, 0.15) is 33.1 Å². The van der Waals surface area contributed by atoms with Crippen LogP contribution in [0.15, 0.2) is 12.3 Å². The Morgan fingerprint density at radius 2 is 2.19 bits per heavy atom. The summed E-state index contributed by atoms with van der Waals surface area (Å²) in [5.41, 5.74) is 0. The Morgan fingerprint density at radius 3 is 2.90 bits per heavy atom. The number of carboxylic acids is 1. The number of fused-ring (bicyclic) bond motifs is 2. The van der Waals surface area contributed by atoms with Gasteiger partial charge in [-0.15, -0.1) is 0 Å². The van der Waals surface area contributed by atoms with Crippen molar-refractivity contribution in [3.63, 3.8) is 0 Å². The highest BCUT2D eigenvalue weighted by Crippen LogP contribution is 2.49. The number of nitrogens with one attached hydrogen (secondary N) is 1. The van der Waals surface area contributed by atoms with Gasteiger partial charge in [0.1, 0.15) is 0 Å². The first-order valence-electron chi connectivity index (χ1n) is 7.53. The van der Waals surface area contributed by atoms with Crippen LogP contribution in [-0.4, -0.2) is 33.2 Å². The average Bonchev–Trinajstić information content (AvgIpc) is 2.98. The summed E-state index contributed by atoms with van der Waals surface area (Å²) in [7, 11) is 0. The maximum absolute atomic E-state index is 11.5. The van der Waals surface area contributed by atoms with Gasteiger partial charge >= 0.3 is 5.97 Å². The van der Waals surface area contributed by atoms with Crippen LogP contribution in [0.25, 0.3) is 0 Å². The van der Waals surface area contributed by atoms with Crippen LogP contribution < -0.4 is 10.1 Å². The molecule has 21 heavy (non-hydrogen) atoms. The third-order valence-electron chi connectivity index (χ3n) is 4.48. The predicted octanol–water partition coefficient (Wildman–Crippen LogP) is 2.17. The van der Waals surface area contributed by atoms with Crippen molar-refractivity contribution < 1.29 is 14.6 Å². The van der Waals surface area contributed by atoms with Gasteiger partial charge in [-0.1, -0.05) is 0 Å². The van der Waals surface area contributed by atoms with Crippen LogP contribution in [0, 0.1) is 17.8 Å². The van der Waals surface area contributed by atoms with Crippen LogP contribution in [-0.2, 0) is 4.79 Å². The van der Waals surface area contributed by atoms with Gasteiger partial charge in [0.05, 0.1) is 12.0 Å². The number of anilines is 1. The third-order valence-corrected chi connectivity index (χ3v) is 4.48. The van der Waals surface area contributed by atoms with Gasteiger partial charge in [0.2, 0.25) is 11.8 Å². The Balaban J connectivity index is 1.75. The second kappa shape index (κ2) is 5.50. The number of hydrogen-bond acceptors (Lipinski definition) is 5. The first-order chi connectivity index (χ1) is 10.0. The Labute approximate surface area is 123 Å². The van der Waals surface area contributed by atoms with E-state index in [2.05, 4.69) is 15.3 Å². The van der Waals surface area contributed by atoms with E-state index < -0.39 is 5.97 Å². The Kier molecular flexibility index (Phi) is 3.69. The monoisotopic (exact) mass is 291 g/mol. The molecule has 2 fully saturated rings. The van der Waals surface area contributed by atoms with E-state index in [-0.39, 0.29) is 18.1 Å². The fraction of sp³-hybridized carbons (Fsp3) is 0.667. The van der Waals surface area contributed by atoms with E-state index in [0.717, 1.165) is 19.3 Å². The van der Waals surface area contributed by atoms with Crippen LogP contribution in [0.4, 0.5) is 5.95 Å². The fourth-order valence-electron chi connectivity index (χ4n) is 3.72. The van der Waals surface area contributed by atoms with Crippen LogP contribution >= 0.6 is 0 Å².